The van der Waals surface area contributed by atoms with Gasteiger partial charge in [0.25, 0.3) is 5.91 Å². The molecule has 2 aromatic rings. The average molecular weight is 332 g/mol. The van der Waals surface area contributed by atoms with E-state index in [-0.39, 0.29) is 17.6 Å². The molecule has 1 N–H and O–H groups in total. The van der Waals surface area contributed by atoms with E-state index in [9.17, 15) is 14.0 Å². The largest absolute Gasteiger partial charge is 0.344 e. The monoisotopic (exact) mass is 332 g/mol. The topological polar surface area (TPSA) is 49.4 Å². The molecule has 1 fully saturated rings. The molecule has 120 valence electrons. The Hall–Kier alpha value is -2.21. The number of aryl methyl sites for hydroxylation is 1. The van der Waals surface area contributed by atoms with Crippen LogP contribution in [0.2, 0.25) is 0 Å². The molecule has 0 unspecified atom stereocenters. The standard InChI is InChI=1S/C17H17FN2O2S/c1-10-13(11-3-5-12(18)6-4-11)9-15(23-10)16(21)19-14-7-8-20(2)17(14)22/h3-6,9,14H,7-8H2,1-2H3,(H,19,21)/t14-/m1/s1. The van der Waals surface area contributed by atoms with Crippen LogP contribution in [0, 0.1) is 12.7 Å². The Morgan fingerprint density at radius 1 is 1.35 bits per heavy atom. The Balaban J connectivity index is 1.79. The third-order valence-corrected chi connectivity index (χ3v) is 5.08. The number of halogens is 1. The fourth-order valence-corrected chi connectivity index (χ4v) is 3.64. The number of nitrogens with zero attached hydrogens (tertiary/aromatic N) is 1. The molecule has 3 rings (SSSR count). The molecular weight excluding hydrogens is 315 g/mol. The highest BCUT2D eigenvalue weighted by molar-refractivity contribution is 7.14. The number of likely N-dealkylation sites (tertiary alicyclic amines) is 1. The normalized spacial score (nSPS) is 17.6. The van der Waals surface area contributed by atoms with Crippen LogP contribution >= 0.6 is 11.3 Å². The van der Waals surface area contributed by atoms with Crippen LogP contribution in [0.1, 0.15) is 21.0 Å². The van der Waals surface area contributed by atoms with Crippen molar-refractivity contribution >= 4 is 23.2 Å². The van der Waals surface area contributed by atoms with Crippen molar-refractivity contribution in [3.8, 4) is 11.1 Å². The van der Waals surface area contributed by atoms with Crippen LogP contribution in [0.25, 0.3) is 11.1 Å². The van der Waals surface area contributed by atoms with Crippen LogP contribution < -0.4 is 5.32 Å². The van der Waals surface area contributed by atoms with Gasteiger partial charge in [0.15, 0.2) is 0 Å². The van der Waals surface area contributed by atoms with Gasteiger partial charge in [-0.15, -0.1) is 11.3 Å². The summed E-state index contributed by atoms with van der Waals surface area (Å²) in [6.45, 7) is 2.59. The summed E-state index contributed by atoms with van der Waals surface area (Å²) in [6.07, 6.45) is 0.635. The number of carbonyl (C=O) groups is 2. The van der Waals surface area contributed by atoms with E-state index in [1.807, 2.05) is 6.92 Å². The number of hydrogen-bond acceptors (Lipinski definition) is 3. The van der Waals surface area contributed by atoms with E-state index in [1.54, 1.807) is 30.1 Å². The van der Waals surface area contributed by atoms with Gasteiger partial charge < -0.3 is 10.2 Å². The Morgan fingerprint density at radius 3 is 2.65 bits per heavy atom. The second kappa shape index (κ2) is 6.12. The summed E-state index contributed by atoms with van der Waals surface area (Å²) in [5.74, 6) is -0.575. The molecule has 0 bridgehead atoms. The lowest BCUT2D eigenvalue weighted by Gasteiger charge is -2.11. The van der Waals surface area contributed by atoms with Gasteiger partial charge in [-0.05, 0) is 42.7 Å². The van der Waals surface area contributed by atoms with Crippen molar-refractivity contribution in [2.75, 3.05) is 13.6 Å². The maximum Gasteiger partial charge on any atom is 0.262 e. The van der Waals surface area contributed by atoms with E-state index < -0.39 is 6.04 Å². The minimum atomic E-state index is -0.441. The highest BCUT2D eigenvalue weighted by atomic mass is 32.1. The highest BCUT2D eigenvalue weighted by Gasteiger charge is 2.30. The molecule has 1 aliphatic rings. The first-order chi connectivity index (χ1) is 11.0. The Bertz CT molecular complexity index is 754. The zero-order valence-corrected chi connectivity index (χ0v) is 13.7. The van der Waals surface area contributed by atoms with Gasteiger partial charge in [-0.25, -0.2) is 4.39 Å². The van der Waals surface area contributed by atoms with Crippen LogP contribution in [-0.4, -0.2) is 36.3 Å². The number of likely N-dealkylation sites (N-methyl/N-ethyl adjacent to an activating group) is 1. The SMILES string of the molecule is Cc1sc(C(=O)N[C@@H]2CCN(C)C2=O)cc1-c1ccc(F)cc1. The Kier molecular flexibility index (Phi) is 4.17. The molecule has 0 aliphatic carbocycles. The molecule has 2 amide bonds. The van der Waals surface area contributed by atoms with Crippen LogP contribution in [-0.2, 0) is 4.79 Å². The summed E-state index contributed by atoms with van der Waals surface area (Å²) in [4.78, 5) is 27.4. The minimum Gasteiger partial charge on any atom is -0.344 e. The lowest BCUT2D eigenvalue weighted by molar-refractivity contribution is -0.128. The highest BCUT2D eigenvalue weighted by Crippen LogP contribution is 2.31. The van der Waals surface area contributed by atoms with Crippen LogP contribution in [0.15, 0.2) is 30.3 Å². The van der Waals surface area contributed by atoms with E-state index in [4.69, 9.17) is 0 Å². The van der Waals surface area contributed by atoms with Gasteiger partial charge in [-0.2, -0.15) is 0 Å². The van der Waals surface area contributed by atoms with Crippen molar-refractivity contribution in [3.05, 3.63) is 45.9 Å². The van der Waals surface area contributed by atoms with Crippen molar-refractivity contribution < 1.29 is 14.0 Å². The quantitative estimate of drug-likeness (QED) is 0.940. The number of carbonyl (C=O) groups excluding carboxylic acids is 2. The van der Waals surface area contributed by atoms with E-state index in [0.717, 1.165) is 16.0 Å². The number of rotatable bonds is 3. The lowest BCUT2D eigenvalue weighted by Crippen LogP contribution is -2.40. The molecular formula is C17H17FN2O2S. The first-order valence-electron chi connectivity index (χ1n) is 7.38. The zero-order chi connectivity index (χ0) is 16.6. The summed E-state index contributed by atoms with van der Waals surface area (Å²) < 4.78 is 13.0. The van der Waals surface area contributed by atoms with Gasteiger partial charge in [0, 0.05) is 18.5 Å². The summed E-state index contributed by atoms with van der Waals surface area (Å²) in [6, 6.07) is 7.55. The van der Waals surface area contributed by atoms with Gasteiger partial charge in [0.05, 0.1) is 4.88 Å². The van der Waals surface area contributed by atoms with Gasteiger partial charge in [0.1, 0.15) is 11.9 Å². The number of thiophene rings is 1. The average Bonchev–Trinajstić information content (AvgIpc) is 3.06. The summed E-state index contributed by atoms with van der Waals surface area (Å²) in [7, 11) is 1.73. The molecule has 2 heterocycles. The van der Waals surface area contributed by atoms with Crippen molar-refractivity contribution in [1.29, 1.82) is 0 Å². The van der Waals surface area contributed by atoms with Crippen LogP contribution in [0.5, 0.6) is 0 Å². The van der Waals surface area contributed by atoms with E-state index in [0.29, 0.717) is 17.8 Å². The molecule has 0 saturated carbocycles. The molecule has 1 atom stereocenters. The third kappa shape index (κ3) is 3.12. The molecule has 0 radical (unpaired) electrons. The predicted molar refractivity (Wildman–Crippen MR) is 88.0 cm³/mol. The molecule has 1 saturated heterocycles. The number of benzene rings is 1. The summed E-state index contributed by atoms with van der Waals surface area (Å²) >= 11 is 1.38. The van der Waals surface area contributed by atoms with Crippen LogP contribution in [0.4, 0.5) is 4.39 Å². The number of amides is 2. The molecule has 4 nitrogen and oxygen atoms in total. The predicted octanol–water partition coefficient (Wildman–Crippen LogP) is 2.82. The van der Waals surface area contributed by atoms with E-state index in [2.05, 4.69) is 5.32 Å². The van der Waals surface area contributed by atoms with Crippen molar-refractivity contribution in [1.82, 2.24) is 10.2 Å². The maximum atomic E-state index is 13.0. The number of nitrogens with one attached hydrogen (secondary N) is 1. The summed E-state index contributed by atoms with van der Waals surface area (Å²) in [5.41, 5.74) is 1.78. The maximum absolute atomic E-state index is 13.0. The van der Waals surface area contributed by atoms with E-state index in [1.165, 1.54) is 23.5 Å². The minimum absolute atomic E-state index is 0.0506. The van der Waals surface area contributed by atoms with E-state index >= 15 is 0 Å². The second-order valence-electron chi connectivity index (χ2n) is 5.66. The fourth-order valence-electron chi connectivity index (χ4n) is 2.70. The first kappa shape index (κ1) is 15.7. The van der Waals surface area contributed by atoms with Crippen LogP contribution in [0.3, 0.4) is 0 Å². The summed E-state index contributed by atoms with van der Waals surface area (Å²) in [5, 5.41) is 2.80. The van der Waals surface area contributed by atoms with Gasteiger partial charge >= 0.3 is 0 Å². The number of hydrogen-bond donors (Lipinski definition) is 1. The van der Waals surface area contributed by atoms with Crippen molar-refractivity contribution in [2.24, 2.45) is 0 Å². The second-order valence-corrected chi connectivity index (χ2v) is 6.92. The third-order valence-electron chi connectivity index (χ3n) is 4.03. The molecule has 1 aliphatic heterocycles. The Labute approximate surface area is 137 Å². The Morgan fingerprint density at radius 2 is 2.04 bits per heavy atom. The molecule has 0 spiro atoms. The van der Waals surface area contributed by atoms with Gasteiger partial charge in [0.2, 0.25) is 5.91 Å². The van der Waals surface area contributed by atoms with Crippen molar-refractivity contribution in [3.63, 3.8) is 0 Å². The lowest BCUT2D eigenvalue weighted by atomic mass is 10.1. The molecule has 1 aromatic carbocycles. The molecule has 6 heteroatoms. The van der Waals surface area contributed by atoms with Gasteiger partial charge in [-0.3, -0.25) is 9.59 Å². The first-order valence-corrected chi connectivity index (χ1v) is 8.19. The smallest absolute Gasteiger partial charge is 0.262 e. The van der Waals surface area contributed by atoms with Gasteiger partial charge in [-0.1, -0.05) is 12.1 Å². The molecule has 1 aromatic heterocycles. The fraction of sp³-hybridized carbons (Fsp3) is 0.294. The molecule has 23 heavy (non-hydrogen) atoms. The van der Waals surface area contributed by atoms with Crippen molar-refractivity contribution in [2.45, 2.75) is 19.4 Å². The zero-order valence-electron chi connectivity index (χ0n) is 12.9.